The van der Waals surface area contributed by atoms with Crippen molar-refractivity contribution in [2.24, 2.45) is 0 Å². The van der Waals surface area contributed by atoms with Crippen LogP contribution in [0, 0.1) is 0 Å². The topological polar surface area (TPSA) is 39.4 Å². The molecule has 3 heteroatoms. The van der Waals surface area contributed by atoms with Gasteiger partial charge < -0.3 is 9.15 Å². The smallest absolute Gasteiger partial charge is 0.185 e. The van der Waals surface area contributed by atoms with E-state index in [0.29, 0.717) is 5.76 Å². The molecule has 1 aliphatic heterocycles. The van der Waals surface area contributed by atoms with E-state index in [1.54, 1.807) is 6.07 Å². The monoisotopic (exact) mass is 214 g/mol. The minimum absolute atomic E-state index is 0.374. The molecule has 1 aliphatic rings. The first-order chi connectivity index (χ1) is 7.88. The van der Waals surface area contributed by atoms with Crippen molar-refractivity contribution in [3.8, 4) is 16.9 Å². The Bertz CT molecular complexity index is 540. The van der Waals surface area contributed by atoms with Gasteiger partial charge in [-0.3, -0.25) is 4.79 Å². The summed E-state index contributed by atoms with van der Waals surface area (Å²) in [5, 5.41) is 0. The molecule has 0 unspecified atom stereocenters. The molecule has 1 aromatic heterocycles. The van der Waals surface area contributed by atoms with Crippen LogP contribution in [-0.4, -0.2) is 12.9 Å². The molecule has 0 aliphatic carbocycles. The van der Waals surface area contributed by atoms with E-state index in [4.69, 9.17) is 9.15 Å². The number of rotatable bonds is 2. The first-order valence-electron chi connectivity index (χ1n) is 5.17. The molecule has 2 heterocycles. The molecular formula is C13H10O3. The number of aldehydes is 1. The molecule has 80 valence electrons. The van der Waals surface area contributed by atoms with Crippen LogP contribution >= 0.6 is 0 Å². The number of benzene rings is 1. The normalized spacial score (nSPS) is 13.2. The Balaban J connectivity index is 2.10. The third kappa shape index (κ3) is 1.33. The SMILES string of the molecule is O=Cc1occc1-c1ccc2c(c1)CCO2. The summed E-state index contributed by atoms with van der Waals surface area (Å²) in [5.41, 5.74) is 3.03. The minimum atomic E-state index is 0.374. The fourth-order valence-corrected chi connectivity index (χ4v) is 2.00. The van der Waals surface area contributed by atoms with E-state index in [9.17, 15) is 4.79 Å². The third-order valence-electron chi connectivity index (χ3n) is 2.80. The lowest BCUT2D eigenvalue weighted by atomic mass is 10.0. The van der Waals surface area contributed by atoms with Crippen molar-refractivity contribution in [2.45, 2.75) is 6.42 Å². The highest BCUT2D eigenvalue weighted by molar-refractivity contribution is 5.84. The molecule has 1 aromatic carbocycles. The fraction of sp³-hybridized carbons (Fsp3) is 0.154. The molecule has 3 rings (SSSR count). The number of carbonyl (C=O) groups is 1. The summed E-state index contributed by atoms with van der Waals surface area (Å²) >= 11 is 0. The van der Waals surface area contributed by atoms with E-state index in [1.807, 2.05) is 12.1 Å². The second-order valence-corrected chi connectivity index (χ2v) is 3.74. The van der Waals surface area contributed by atoms with Crippen molar-refractivity contribution < 1.29 is 13.9 Å². The van der Waals surface area contributed by atoms with Gasteiger partial charge in [-0.25, -0.2) is 0 Å². The van der Waals surface area contributed by atoms with Gasteiger partial charge in [-0.2, -0.15) is 0 Å². The van der Waals surface area contributed by atoms with Crippen molar-refractivity contribution >= 4 is 6.29 Å². The maximum absolute atomic E-state index is 10.8. The van der Waals surface area contributed by atoms with Crippen LogP contribution in [0.1, 0.15) is 16.1 Å². The second-order valence-electron chi connectivity index (χ2n) is 3.74. The number of carbonyl (C=O) groups excluding carboxylic acids is 1. The largest absolute Gasteiger partial charge is 0.493 e. The van der Waals surface area contributed by atoms with Gasteiger partial charge in [0, 0.05) is 12.0 Å². The summed E-state index contributed by atoms with van der Waals surface area (Å²) in [6, 6.07) is 7.75. The van der Waals surface area contributed by atoms with Crippen LogP contribution in [0.2, 0.25) is 0 Å². The first kappa shape index (κ1) is 9.21. The molecular weight excluding hydrogens is 204 g/mol. The summed E-state index contributed by atoms with van der Waals surface area (Å²) in [7, 11) is 0. The van der Waals surface area contributed by atoms with E-state index < -0.39 is 0 Å². The Morgan fingerprint density at radius 1 is 1.25 bits per heavy atom. The van der Waals surface area contributed by atoms with E-state index in [1.165, 1.54) is 11.8 Å². The van der Waals surface area contributed by atoms with Gasteiger partial charge in [0.1, 0.15) is 5.75 Å². The van der Waals surface area contributed by atoms with Gasteiger partial charge >= 0.3 is 0 Å². The van der Waals surface area contributed by atoms with Crippen molar-refractivity contribution in [1.29, 1.82) is 0 Å². The molecule has 0 spiro atoms. The Hall–Kier alpha value is -2.03. The van der Waals surface area contributed by atoms with E-state index >= 15 is 0 Å². The van der Waals surface area contributed by atoms with Crippen molar-refractivity contribution in [3.63, 3.8) is 0 Å². The van der Waals surface area contributed by atoms with Gasteiger partial charge in [-0.1, -0.05) is 6.07 Å². The lowest BCUT2D eigenvalue weighted by Gasteiger charge is -2.02. The molecule has 3 nitrogen and oxygen atoms in total. The summed E-state index contributed by atoms with van der Waals surface area (Å²) in [6.07, 6.45) is 3.19. The summed E-state index contributed by atoms with van der Waals surface area (Å²) < 4.78 is 10.5. The average molecular weight is 214 g/mol. The highest BCUT2D eigenvalue weighted by Gasteiger charge is 2.14. The van der Waals surface area contributed by atoms with Gasteiger partial charge in [0.05, 0.1) is 12.9 Å². The number of hydrogen-bond acceptors (Lipinski definition) is 3. The second kappa shape index (κ2) is 3.52. The van der Waals surface area contributed by atoms with Gasteiger partial charge in [-0.15, -0.1) is 0 Å². The van der Waals surface area contributed by atoms with Crippen LogP contribution in [0.3, 0.4) is 0 Å². The van der Waals surface area contributed by atoms with Crippen LogP contribution in [0.25, 0.3) is 11.1 Å². The van der Waals surface area contributed by atoms with Crippen molar-refractivity contribution in [1.82, 2.24) is 0 Å². The zero-order chi connectivity index (χ0) is 11.0. The molecule has 0 bridgehead atoms. The number of furan rings is 1. The van der Waals surface area contributed by atoms with Crippen LogP contribution in [0.5, 0.6) is 5.75 Å². The first-order valence-corrected chi connectivity index (χ1v) is 5.17. The molecule has 2 aromatic rings. The minimum Gasteiger partial charge on any atom is -0.493 e. The van der Waals surface area contributed by atoms with E-state index in [2.05, 4.69) is 6.07 Å². The van der Waals surface area contributed by atoms with Crippen LogP contribution in [-0.2, 0) is 6.42 Å². The van der Waals surface area contributed by atoms with Crippen molar-refractivity contribution in [3.05, 3.63) is 41.9 Å². The van der Waals surface area contributed by atoms with Crippen LogP contribution < -0.4 is 4.74 Å². The summed E-state index contributed by atoms with van der Waals surface area (Å²) in [5.74, 6) is 1.32. The molecule has 0 fully saturated rings. The lowest BCUT2D eigenvalue weighted by molar-refractivity contribution is 0.110. The molecule has 0 atom stereocenters. The summed E-state index contributed by atoms with van der Waals surface area (Å²) in [6.45, 7) is 0.741. The lowest BCUT2D eigenvalue weighted by Crippen LogP contribution is -1.85. The highest BCUT2D eigenvalue weighted by atomic mass is 16.5. The highest BCUT2D eigenvalue weighted by Crippen LogP contribution is 2.31. The standard InChI is InChI=1S/C13H10O3/c14-8-13-11(4-6-16-13)9-1-2-12-10(7-9)3-5-15-12/h1-2,4,6-8H,3,5H2. The molecule has 0 amide bonds. The van der Waals surface area contributed by atoms with Crippen LogP contribution in [0.4, 0.5) is 0 Å². The Labute approximate surface area is 92.6 Å². The number of hydrogen-bond donors (Lipinski definition) is 0. The maximum Gasteiger partial charge on any atom is 0.185 e. The predicted octanol–water partition coefficient (Wildman–Crippen LogP) is 2.69. The Morgan fingerprint density at radius 2 is 2.19 bits per heavy atom. The number of fused-ring (bicyclic) bond motifs is 1. The van der Waals surface area contributed by atoms with Gasteiger partial charge in [0.25, 0.3) is 0 Å². The average Bonchev–Trinajstić information content (AvgIpc) is 2.96. The zero-order valence-electron chi connectivity index (χ0n) is 8.60. The molecule has 16 heavy (non-hydrogen) atoms. The van der Waals surface area contributed by atoms with Crippen molar-refractivity contribution in [2.75, 3.05) is 6.61 Å². The molecule has 0 saturated carbocycles. The Kier molecular flexibility index (Phi) is 2.03. The Morgan fingerprint density at radius 3 is 3.06 bits per heavy atom. The fourth-order valence-electron chi connectivity index (χ4n) is 2.00. The van der Waals surface area contributed by atoms with Gasteiger partial charge in [0.2, 0.25) is 0 Å². The van der Waals surface area contributed by atoms with E-state index in [-0.39, 0.29) is 0 Å². The third-order valence-corrected chi connectivity index (χ3v) is 2.80. The maximum atomic E-state index is 10.8. The number of ether oxygens (including phenoxy) is 1. The summed E-state index contributed by atoms with van der Waals surface area (Å²) in [4.78, 5) is 10.8. The molecule has 0 radical (unpaired) electrons. The van der Waals surface area contributed by atoms with Gasteiger partial charge in [0.15, 0.2) is 12.0 Å². The van der Waals surface area contributed by atoms with E-state index in [0.717, 1.165) is 36.2 Å². The van der Waals surface area contributed by atoms with Gasteiger partial charge in [-0.05, 0) is 29.3 Å². The predicted molar refractivity (Wildman–Crippen MR) is 58.7 cm³/mol. The molecule has 0 N–H and O–H groups in total. The zero-order valence-corrected chi connectivity index (χ0v) is 8.60. The molecule has 0 saturated heterocycles. The quantitative estimate of drug-likeness (QED) is 0.721. The van der Waals surface area contributed by atoms with Crippen LogP contribution in [0.15, 0.2) is 34.9 Å².